The van der Waals surface area contributed by atoms with Crippen LogP contribution in [0.3, 0.4) is 0 Å². The van der Waals surface area contributed by atoms with E-state index in [0.717, 1.165) is 25.8 Å². The minimum Gasteiger partial charge on any atom is -0.334 e. The van der Waals surface area contributed by atoms with Gasteiger partial charge in [-0.15, -0.1) is 11.3 Å². The molecule has 4 heteroatoms. The molecule has 96 valence electrons. The van der Waals surface area contributed by atoms with Gasteiger partial charge in [-0.2, -0.15) is 0 Å². The van der Waals surface area contributed by atoms with Crippen LogP contribution in [0.2, 0.25) is 0 Å². The van der Waals surface area contributed by atoms with Crippen LogP contribution in [0.15, 0.2) is 23.6 Å². The molecule has 0 aromatic carbocycles. The molecule has 0 saturated heterocycles. The minimum atomic E-state index is -0.156. The predicted octanol–water partition coefficient (Wildman–Crippen LogP) is 2.11. The number of nitrogens with zero attached hydrogens (tertiary/aromatic N) is 1. The number of carbonyl (C=O) groups excluding carboxylic acids is 1. The number of hydrogen-bond acceptors (Lipinski definition) is 3. The van der Waals surface area contributed by atoms with Crippen LogP contribution in [0.5, 0.6) is 0 Å². The summed E-state index contributed by atoms with van der Waals surface area (Å²) in [5, 5.41) is 5.28. The van der Waals surface area contributed by atoms with Crippen molar-refractivity contribution in [2.45, 2.75) is 31.3 Å². The molecule has 0 radical (unpaired) electrons. The molecule has 1 aliphatic carbocycles. The van der Waals surface area contributed by atoms with Gasteiger partial charge in [-0.25, -0.2) is 0 Å². The van der Waals surface area contributed by atoms with E-state index < -0.39 is 0 Å². The van der Waals surface area contributed by atoms with Crippen molar-refractivity contribution in [3.8, 4) is 0 Å². The van der Waals surface area contributed by atoms with E-state index in [1.54, 1.807) is 11.3 Å². The maximum absolute atomic E-state index is 12.7. The molecule has 3 nitrogen and oxygen atoms in total. The van der Waals surface area contributed by atoms with Crippen molar-refractivity contribution in [1.82, 2.24) is 10.2 Å². The van der Waals surface area contributed by atoms with Gasteiger partial charge in [-0.3, -0.25) is 4.79 Å². The quantitative estimate of drug-likeness (QED) is 0.828. The Kier molecular flexibility index (Phi) is 3.22. The van der Waals surface area contributed by atoms with Gasteiger partial charge in [0.2, 0.25) is 5.91 Å². The fourth-order valence-corrected chi connectivity index (χ4v) is 3.95. The molecule has 0 bridgehead atoms. The number of fused-ring (bicyclic) bond motifs is 1. The van der Waals surface area contributed by atoms with Crippen LogP contribution < -0.4 is 5.32 Å². The summed E-state index contributed by atoms with van der Waals surface area (Å²) in [6, 6.07) is 2.31. The van der Waals surface area contributed by atoms with E-state index in [-0.39, 0.29) is 11.9 Å². The number of hydrogen-bond donors (Lipinski definition) is 1. The summed E-state index contributed by atoms with van der Waals surface area (Å²) >= 11 is 1.69. The van der Waals surface area contributed by atoms with Crippen molar-refractivity contribution in [2.24, 2.45) is 0 Å². The van der Waals surface area contributed by atoms with Crippen LogP contribution in [0, 0.1) is 0 Å². The van der Waals surface area contributed by atoms with Crippen LogP contribution in [-0.4, -0.2) is 30.4 Å². The summed E-state index contributed by atoms with van der Waals surface area (Å²) < 4.78 is 0. The van der Waals surface area contributed by atoms with Crippen LogP contribution in [0.4, 0.5) is 0 Å². The summed E-state index contributed by atoms with van der Waals surface area (Å²) in [4.78, 5) is 15.9. The summed E-state index contributed by atoms with van der Waals surface area (Å²) in [5.74, 6) is 0.232. The molecule has 1 amide bonds. The second kappa shape index (κ2) is 4.86. The zero-order chi connectivity index (χ0) is 12.5. The molecule has 2 unspecified atom stereocenters. The van der Waals surface area contributed by atoms with E-state index in [1.165, 1.54) is 10.4 Å². The number of nitrogens with one attached hydrogen (secondary N) is 1. The molecule has 2 heterocycles. The van der Waals surface area contributed by atoms with Gasteiger partial charge in [0.05, 0.1) is 6.04 Å². The fraction of sp³-hybridized carbons (Fsp3) is 0.500. The first kappa shape index (κ1) is 11.9. The van der Waals surface area contributed by atoms with E-state index in [0.29, 0.717) is 6.04 Å². The van der Waals surface area contributed by atoms with E-state index in [4.69, 9.17) is 0 Å². The summed E-state index contributed by atoms with van der Waals surface area (Å²) in [5.41, 5.74) is 1.33. The first-order chi connectivity index (χ1) is 8.81. The Hall–Kier alpha value is -1.13. The monoisotopic (exact) mass is 262 g/mol. The zero-order valence-corrected chi connectivity index (χ0v) is 11.4. The highest BCUT2D eigenvalue weighted by atomic mass is 32.1. The lowest BCUT2D eigenvalue weighted by molar-refractivity contribution is -0.134. The van der Waals surface area contributed by atoms with Crippen LogP contribution in [-0.2, 0) is 11.2 Å². The van der Waals surface area contributed by atoms with E-state index >= 15 is 0 Å². The molecule has 2 aliphatic rings. The fourth-order valence-electron chi connectivity index (χ4n) is 2.90. The Morgan fingerprint density at radius 3 is 3.11 bits per heavy atom. The lowest BCUT2D eigenvalue weighted by Gasteiger charge is -2.29. The molecule has 3 rings (SSSR count). The summed E-state index contributed by atoms with van der Waals surface area (Å²) in [6.07, 6.45) is 7.53. The van der Waals surface area contributed by atoms with E-state index in [2.05, 4.69) is 33.8 Å². The highest BCUT2D eigenvalue weighted by Crippen LogP contribution is 2.31. The van der Waals surface area contributed by atoms with E-state index in [9.17, 15) is 4.79 Å². The minimum absolute atomic E-state index is 0.156. The number of likely N-dealkylation sites (N-methyl/N-ethyl adjacent to an activating group) is 1. The predicted molar refractivity (Wildman–Crippen MR) is 73.7 cm³/mol. The Labute approximate surface area is 111 Å². The first-order valence-electron chi connectivity index (χ1n) is 6.52. The molecule has 1 aromatic heterocycles. The van der Waals surface area contributed by atoms with Crippen LogP contribution in [0.1, 0.15) is 29.3 Å². The molecule has 0 saturated carbocycles. The lowest BCUT2D eigenvalue weighted by Crippen LogP contribution is -2.43. The molecule has 1 aliphatic heterocycles. The first-order valence-corrected chi connectivity index (χ1v) is 7.40. The SMILES string of the molecule is CNC1C(=O)N(C2C=CCC2)CCc2ccsc21. The van der Waals surface area contributed by atoms with Crippen molar-refractivity contribution in [2.75, 3.05) is 13.6 Å². The molecule has 18 heavy (non-hydrogen) atoms. The average molecular weight is 262 g/mol. The third-order valence-corrected chi connectivity index (χ3v) is 4.90. The smallest absolute Gasteiger partial charge is 0.245 e. The van der Waals surface area contributed by atoms with Gasteiger partial charge >= 0.3 is 0 Å². The standard InChI is InChI=1S/C14H18N2OS/c1-15-12-13-10(7-9-18-13)6-8-16(14(12)17)11-4-2-3-5-11/h2,4,7,9,11-12,15H,3,5-6,8H2,1H3. The van der Waals surface area contributed by atoms with Crippen molar-refractivity contribution in [1.29, 1.82) is 0 Å². The molecule has 0 spiro atoms. The van der Waals surface area contributed by atoms with Gasteiger partial charge in [0.15, 0.2) is 0 Å². The molecular weight excluding hydrogens is 244 g/mol. The third-order valence-electron chi connectivity index (χ3n) is 3.87. The lowest BCUT2D eigenvalue weighted by atomic mass is 10.1. The number of allylic oxidation sites excluding steroid dienone is 1. The Morgan fingerprint density at radius 1 is 1.50 bits per heavy atom. The van der Waals surface area contributed by atoms with Crippen molar-refractivity contribution >= 4 is 17.2 Å². The number of thiophene rings is 1. The number of amides is 1. The molecule has 0 fully saturated rings. The van der Waals surface area contributed by atoms with Gasteiger partial charge < -0.3 is 10.2 Å². The van der Waals surface area contributed by atoms with Crippen molar-refractivity contribution < 1.29 is 4.79 Å². The van der Waals surface area contributed by atoms with Crippen LogP contribution >= 0.6 is 11.3 Å². The highest BCUT2D eigenvalue weighted by Gasteiger charge is 2.34. The summed E-state index contributed by atoms with van der Waals surface area (Å²) in [6.45, 7) is 0.843. The van der Waals surface area contributed by atoms with Gasteiger partial charge in [-0.05, 0) is 43.3 Å². The number of rotatable bonds is 2. The Balaban J connectivity index is 1.91. The highest BCUT2D eigenvalue weighted by molar-refractivity contribution is 7.10. The topological polar surface area (TPSA) is 32.3 Å². The summed E-state index contributed by atoms with van der Waals surface area (Å²) in [7, 11) is 1.88. The average Bonchev–Trinajstić information content (AvgIpc) is 3.01. The Morgan fingerprint density at radius 2 is 2.39 bits per heavy atom. The molecule has 1 aromatic rings. The van der Waals surface area contributed by atoms with Gasteiger partial charge in [0.1, 0.15) is 6.04 Å². The van der Waals surface area contributed by atoms with Gasteiger partial charge in [0.25, 0.3) is 0 Å². The molecule has 1 N–H and O–H groups in total. The zero-order valence-electron chi connectivity index (χ0n) is 10.6. The van der Waals surface area contributed by atoms with Crippen molar-refractivity contribution in [3.05, 3.63) is 34.0 Å². The Bertz CT molecular complexity index is 480. The van der Waals surface area contributed by atoms with Crippen LogP contribution in [0.25, 0.3) is 0 Å². The molecule has 2 atom stereocenters. The second-order valence-electron chi connectivity index (χ2n) is 4.89. The normalized spacial score (nSPS) is 27.4. The largest absolute Gasteiger partial charge is 0.334 e. The maximum atomic E-state index is 12.7. The maximum Gasteiger partial charge on any atom is 0.245 e. The molecular formula is C14H18N2OS. The van der Waals surface area contributed by atoms with Gasteiger partial charge in [0, 0.05) is 11.4 Å². The second-order valence-corrected chi connectivity index (χ2v) is 5.83. The number of carbonyl (C=O) groups is 1. The van der Waals surface area contributed by atoms with Crippen molar-refractivity contribution in [3.63, 3.8) is 0 Å². The third kappa shape index (κ3) is 1.89. The van der Waals surface area contributed by atoms with E-state index in [1.807, 2.05) is 7.05 Å². The van der Waals surface area contributed by atoms with Gasteiger partial charge in [-0.1, -0.05) is 12.2 Å².